The van der Waals surface area contributed by atoms with E-state index in [9.17, 15) is 5.11 Å². The monoisotopic (exact) mass is 180 g/mol. The summed E-state index contributed by atoms with van der Waals surface area (Å²) in [7, 11) is 0. The first-order valence-corrected chi connectivity index (χ1v) is 4.34. The fourth-order valence-electron chi connectivity index (χ4n) is 1.27. The number of ether oxygens (including phenoxy) is 2. The average Bonchev–Trinajstić information content (AvgIpc) is 2.17. The highest BCUT2D eigenvalue weighted by Gasteiger charge is 2.24. The smallest absolute Gasteiger partial charge is 0.161 e. The first-order chi connectivity index (χ1) is 6.27. The molecule has 1 aromatic rings. The molecule has 0 unspecified atom stereocenters. The van der Waals surface area contributed by atoms with Crippen LogP contribution in [0.4, 0.5) is 0 Å². The lowest BCUT2D eigenvalue weighted by Gasteiger charge is -2.27. The van der Waals surface area contributed by atoms with Crippen LogP contribution in [0, 0.1) is 0 Å². The summed E-state index contributed by atoms with van der Waals surface area (Å²) in [5, 5.41) is 9.30. The molecule has 0 aliphatic carbocycles. The SMILES string of the molecule is C[C@@H](O)[C@H]1COc2ccccc2O1. The number of aliphatic hydroxyl groups excluding tert-OH is 1. The van der Waals surface area contributed by atoms with Gasteiger partial charge < -0.3 is 14.6 Å². The predicted octanol–water partition coefficient (Wildman–Crippen LogP) is 1.21. The number of benzene rings is 1. The lowest BCUT2D eigenvalue weighted by atomic mass is 10.2. The number of hydrogen-bond acceptors (Lipinski definition) is 3. The summed E-state index contributed by atoms with van der Waals surface area (Å²) in [6.07, 6.45) is -0.761. The Morgan fingerprint density at radius 2 is 2.08 bits per heavy atom. The van der Waals surface area contributed by atoms with Crippen LogP contribution in [0.1, 0.15) is 6.92 Å². The summed E-state index contributed by atoms with van der Waals surface area (Å²) in [5.41, 5.74) is 0. The molecule has 13 heavy (non-hydrogen) atoms. The number of rotatable bonds is 1. The van der Waals surface area contributed by atoms with Gasteiger partial charge in [-0.1, -0.05) is 12.1 Å². The zero-order valence-corrected chi connectivity index (χ0v) is 7.43. The van der Waals surface area contributed by atoms with Gasteiger partial charge >= 0.3 is 0 Å². The van der Waals surface area contributed by atoms with Gasteiger partial charge in [-0.05, 0) is 19.1 Å². The molecule has 1 N–H and O–H groups in total. The maximum Gasteiger partial charge on any atom is 0.161 e. The predicted molar refractivity (Wildman–Crippen MR) is 48.0 cm³/mol. The van der Waals surface area contributed by atoms with Crippen molar-refractivity contribution in [1.82, 2.24) is 0 Å². The first kappa shape index (κ1) is 8.38. The van der Waals surface area contributed by atoms with E-state index in [0.29, 0.717) is 12.4 Å². The molecule has 1 aliphatic rings. The fraction of sp³-hybridized carbons (Fsp3) is 0.400. The van der Waals surface area contributed by atoms with Gasteiger partial charge in [-0.15, -0.1) is 0 Å². The van der Waals surface area contributed by atoms with Crippen LogP contribution in [-0.2, 0) is 0 Å². The summed E-state index contributed by atoms with van der Waals surface area (Å²) < 4.78 is 10.9. The number of fused-ring (bicyclic) bond motifs is 1. The molecule has 3 nitrogen and oxygen atoms in total. The molecule has 2 rings (SSSR count). The Morgan fingerprint density at radius 1 is 1.38 bits per heavy atom. The Morgan fingerprint density at radius 3 is 2.77 bits per heavy atom. The molecule has 0 saturated carbocycles. The van der Waals surface area contributed by atoms with Gasteiger partial charge in [-0.3, -0.25) is 0 Å². The third kappa shape index (κ3) is 1.60. The van der Waals surface area contributed by atoms with E-state index in [4.69, 9.17) is 9.47 Å². The minimum Gasteiger partial charge on any atom is -0.486 e. The van der Waals surface area contributed by atoms with Gasteiger partial charge in [0.25, 0.3) is 0 Å². The Hall–Kier alpha value is -1.22. The van der Waals surface area contributed by atoms with E-state index < -0.39 is 6.10 Å². The summed E-state index contributed by atoms with van der Waals surface area (Å²) in [4.78, 5) is 0. The Kier molecular flexibility index (Phi) is 2.10. The zero-order valence-electron chi connectivity index (χ0n) is 7.43. The molecule has 0 fully saturated rings. The molecule has 1 heterocycles. The molecular formula is C10H12O3. The van der Waals surface area contributed by atoms with Crippen LogP contribution in [0.5, 0.6) is 11.5 Å². The Bertz CT molecular complexity index is 296. The van der Waals surface area contributed by atoms with E-state index in [1.807, 2.05) is 24.3 Å². The molecule has 3 heteroatoms. The topological polar surface area (TPSA) is 38.7 Å². The van der Waals surface area contributed by atoms with Crippen molar-refractivity contribution >= 4 is 0 Å². The fourth-order valence-corrected chi connectivity index (χ4v) is 1.27. The lowest BCUT2D eigenvalue weighted by Crippen LogP contribution is -2.37. The van der Waals surface area contributed by atoms with Crippen molar-refractivity contribution in [3.8, 4) is 11.5 Å². The largest absolute Gasteiger partial charge is 0.486 e. The van der Waals surface area contributed by atoms with Crippen molar-refractivity contribution in [2.45, 2.75) is 19.1 Å². The van der Waals surface area contributed by atoms with Crippen LogP contribution >= 0.6 is 0 Å². The first-order valence-electron chi connectivity index (χ1n) is 4.34. The van der Waals surface area contributed by atoms with E-state index in [0.717, 1.165) is 5.75 Å². The third-order valence-corrected chi connectivity index (χ3v) is 2.07. The second kappa shape index (κ2) is 3.26. The number of hydrogen-bond donors (Lipinski definition) is 1. The molecule has 0 saturated heterocycles. The summed E-state index contributed by atoms with van der Waals surface area (Å²) in [6, 6.07) is 7.47. The lowest BCUT2D eigenvalue weighted by molar-refractivity contribution is -0.000781. The van der Waals surface area contributed by atoms with E-state index in [2.05, 4.69) is 0 Å². The number of para-hydroxylation sites is 2. The molecule has 0 spiro atoms. The van der Waals surface area contributed by atoms with Gasteiger partial charge in [0.2, 0.25) is 0 Å². The molecular weight excluding hydrogens is 168 g/mol. The Balaban J connectivity index is 2.20. The van der Waals surface area contributed by atoms with Crippen molar-refractivity contribution in [1.29, 1.82) is 0 Å². The van der Waals surface area contributed by atoms with Crippen molar-refractivity contribution < 1.29 is 14.6 Å². The standard InChI is InChI=1S/C10H12O3/c1-7(11)10-6-12-8-4-2-3-5-9(8)13-10/h2-5,7,10-11H,6H2,1H3/t7-,10-/m1/s1. The molecule has 0 radical (unpaired) electrons. The zero-order chi connectivity index (χ0) is 9.26. The van der Waals surface area contributed by atoms with Gasteiger partial charge in [0.1, 0.15) is 6.61 Å². The van der Waals surface area contributed by atoms with Crippen molar-refractivity contribution in [2.24, 2.45) is 0 Å². The molecule has 70 valence electrons. The van der Waals surface area contributed by atoms with Crippen LogP contribution in [0.15, 0.2) is 24.3 Å². The van der Waals surface area contributed by atoms with Gasteiger partial charge in [0, 0.05) is 0 Å². The highest BCUT2D eigenvalue weighted by Crippen LogP contribution is 2.31. The van der Waals surface area contributed by atoms with Gasteiger partial charge in [-0.25, -0.2) is 0 Å². The highest BCUT2D eigenvalue weighted by atomic mass is 16.6. The molecule has 0 bridgehead atoms. The van der Waals surface area contributed by atoms with Crippen molar-refractivity contribution in [3.63, 3.8) is 0 Å². The minimum atomic E-state index is -0.506. The Labute approximate surface area is 76.9 Å². The second-order valence-corrected chi connectivity index (χ2v) is 3.15. The van der Waals surface area contributed by atoms with E-state index in [-0.39, 0.29) is 6.10 Å². The molecule has 1 aromatic carbocycles. The summed E-state index contributed by atoms with van der Waals surface area (Å²) in [5.74, 6) is 1.46. The third-order valence-electron chi connectivity index (χ3n) is 2.07. The number of aliphatic hydroxyl groups is 1. The maximum atomic E-state index is 9.30. The second-order valence-electron chi connectivity index (χ2n) is 3.15. The van der Waals surface area contributed by atoms with Crippen LogP contribution in [0.3, 0.4) is 0 Å². The van der Waals surface area contributed by atoms with Crippen LogP contribution in [-0.4, -0.2) is 23.9 Å². The molecule has 0 amide bonds. The highest BCUT2D eigenvalue weighted by molar-refractivity contribution is 5.40. The maximum absolute atomic E-state index is 9.30. The summed E-state index contributed by atoms with van der Waals surface area (Å²) >= 11 is 0. The van der Waals surface area contributed by atoms with Crippen LogP contribution in [0.2, 0.25) is 0 Å². The average molecular weight is 180 g/mol. The molecule has 1 aliphatic heterocycles. The van der Waals surface area contributed by atoms with E-state index >= 15 is 0 Å². The van der Waals surface area contributed by atoms with Crippen molar-refractivity contribution in [2.75, 3.05) is 6.61 Å². The van der Waals surface area contributed by atoms with E-state index in [1.165, 1.54) is 0 Å². The van der Waals surface area contributed by atoms with E-state index in [1.54, 1.807) is 6.92 Å². The summed E-state index contributed by atoms with van der Waals surface area (Å²) in [6.45, 7) is 2.11. The quantitative estimate of drug-likeness (QED) is 0.706. The van der Waals surface area contributed by atoms with Crippen molar-refractivity contribution in [3.05, 3.63) is 24.3 Å². The van der Waals surface area contributed by atoms with Crippen LogP contribution < -0.4 is 9.47 Å². The normalized spacial score (nSPS) is 22.5. The minimum absolute atomic E-state index is 0.255. The van der Waals surface area contributed by atoms with Gasteiger partial charge in [0.15, 0.2) is 17.6 Å². The van der Waals surface area contributed by atoms with Gasteiger partial charge in [-0.2, -0.15) is 0 Å². The molecule has 2 atom stereocenters. The van der Waals surface area contributed by atoms with Gasteiger partial charge in [0.05, 0.1) is 6.10 Å². The van der Waals surface area contributed by atoms with Crippen LogP contribution in [0.25, 0.3) is 0 Å². The molecule has 0 aromatic heterocycles.